The summed E-state index contributed by atoms with van der Waals surface area (Å²) in [5, 5.41) is 8.56. The molecule has 0 unspecified atom stereocenters. The first-order valence-corrected chi connectivity index (χ1v) is 8.88. The second-order valence-corrected chi connectivity index (χ2v) is 6.53. The number of hydrogen-bond donors (Lipinski definition) is 0. The third kappa shape index (κ3) is 4.00. The van der Waals surface area contributed by atoms with Gasteiger partial charge in [0, 0.05) is 51.0 Å². The molecule has 1 saturated heterocycles. The summed E-state index contributed by atoms with van der Waals surface area (Å²) in [7, 11) is 0. The number of hydrogen-bond acceptors (Lipinski definition) is 4. The highest BCUT2D eigenvalue weighted by Gasteiger charge is 2.21. The highest BCUT2D eigenvalue weighted by molar-refractivity contribution is 5.40. The monoisotopic (exact) mass is 355 g/mol. The molecule has 6 nitrogen and oxygen atoms in total. The lowest BCUT2D eigenvalue weighted by Crippen LogP contribution is -2.34. The van der Waals surface area contributed by atoms with E-state index in [1.807, 2.05) is 29.2 Å². The van der Waals surface area contributed by atoms with Gasteiger partial charge in [0.25, 0.3) is 0 Å². The molecule has 0 N–H and O–H groups in total. The van der Waals surface area contributed by atoms with Gasteiger partial charge in [-0.15, -0.1) is 0 Å². The molecule has 1 aromatic carbocycles. The van der Waals surface area contributed by atoms with Crippen LogP contribution < -0.4 is 0 Å². The van der Waals surface area contributed by atoms with Gasteiger partial charge in [-0.1, -0.05) is 0 Å². The maximum atomic E-state index is 13.9. The largest absolute Gasteiger partial charge is 0.375 e. The van der Waals surface area contributed by atoms with Crippen molar-refractivity contribution in [2.75, 3.05) is 19.7 Å². The summed E-state index contributed by atoms with van der Waals surface area (Å²) in [6.45, 7) is 3.82. The molecule has 1 aliphatic heterocycles. The van der Waals surface area contributed by atoms with Crippen LogP contribution in [0.15, 0.2) is 55.1 Å². The first kappa shape index (κ1) is 16.9. The first-order valence-electron chi connectivity index (χ1n) is 8.88. The zero-order chi connectivity index (χ0) is 17.8. The van der Waals surface area contributed by atoms with Crippen LogP contribution in [0.4, 0.5) is 4.39 Å². The minimum absolute atomic E-state index is 0.0686. The van der Waals surface area contributed by atoms with E-state index in [0.29, 0.717) is 6.54 Å². The molecule has 3 aromatic rings. The Kier molecular flexibility index (Phi) is 5.08. The highest BCUT2D eigenvalue weighted by atomic mass is 19.1. The van der Waals surface area contributed by atoms with E-state index in [1.54, 1.807) is 29.2 Å². The van der Waals surface area contributed by atoms with E-state index in [0.717, 1.165) is 43.9 Å². The molecule has 0 saturated carbocycles. The van der Waals surface area contributed by atoms with Gasteiger partial charge in [-0.2, -0.15) is 10.2 Å². The number of ether oxygens (including phenoxy) is 1. The molecule has 3 heterocycles. The van der Waals surface area contributed by atoms with Gasteiger partial charge in [0.15, 0.2) is 0 Å². The van der Waals surface area contributed by atoms with Crippen molar-refractivity contribution in [3.8, 4) is 5.69 Å². The smallest absolute Gasteiger partial charge is 0.123 e. The van der Waals surface area contributed by atoms with Crippen molar-refractivity contribution < 1.29 is 9.13 Å². The molecule has 4 rings (SSSR count). The van der Waals surface area contributed by atoms with E-state index >= 15 is 0 Å². The Balaban J connectivity index is 1.51. The van der Waals surface area contributed by atoms with E-state index < -0.39 is 0 Å². The Labute approximate surface area is 151 Å². The fourth-order valence-corrected chi connectivity index (χ4v) is 3.40. The van der Waals surface area contributed by atoms with Crippen molar-refractivity contribution >= 4 is 0 Å². The highest BCUT2D eigenvalue weighted by Crippen LogP contribution is 2.19. The molecule has 136 valence electrons. The van der Waals surface area contributed by atoms with Crippen molar-refractivity contribution in [1.29, 1.82) is 0 Å². The van der Waals surface area contributed by atoms with Crippen molar-refractivity contribution in [3.05, 3.63) is 66.5 Å². The van der Waals surface area contributed by atoms with Gasteiger partial charge in [0.2, 0.25) is 0 Å². The lowest BCUT2D eigenvalue weighted by atomic mass is 10.1. The Morgan fingerprint density at radius 2 is 2.04 bits per heavy atom. The van der Waals surface area contributed by atoms with Gasteiger partial charge in [-0.25, -0.2) is 9.07 Å². The van der Waals surface area contributed by atoms with Crippen LogP contribution in [-0.4, -0.2) is 50.3 Å². The van der Waals surface area contributed by atoms with E-state index in [9.17, 15) is 4.39 Å². The van der Waals surface area contributed by atoms with E-state index in [1.165, 1.54) is 6.07 Å². The Morgan fingerprint density at radius 1 is 1.15 bits per heavy atom. The van der Waals surface area contributed by atoms with Gasteiger partial charge in [-0.3, -0.25) is 9.58 Å². The van der Waals surface area contributed by atoms with Gasteiger partial charge in [0.05, 0.1) is 18.3 Å². The van der Waals surface area contributed by atoms with Crippen LogP contribution in [0.25, 0.3) is 5.69 Å². The van der Waals surface area contributed by atoms with Crippen LogP contribution in [0.5, 0.6) is 0 Å². The topological polar surface area (TPSA) is 48.1 Å². The third-order valence-electron chi connectivity index (χ3n) is 4.57. The molecule has 0 amide bonds. The van der Waals surface area contributed by atoms with Crippen LogP contribution in [0.3, 0.4) is 0 Å². The van der Waals surface area contributed by atoms with Crippen molar-refractivity contribution in [3.63, 3.8) is 0 Å². The molecule has 2 aromatic heterocycles. The fraction of sp³-hybridized carbons (Fsp3) is 0.368. The minimum Gasteiger partial charge on any atom is -0.375 e. The molecule has 1 aliphatic rings. The maximum Gasteiger partial charge on any atom is 0.123 e. The average Bonchev–Trinajstić information content (AvgIpc) is 3.28. The Morgan fingerprint density at radius 3 is 2.85 bits per heavy atom. The summed E-state index contributed by atoms with van der Waals surface area (Å²) < 4.78 is 23.5. The second kappa shape index (κ2) is 7.80. The average molecular weight is 355 g/mol. The molecular formula is C19H22FN5O. The van der Waals surface area contributed by atoms with Gasteiger partial charge in [0.1, 0.15) is 5.82 Å². The zero-order valence-electron chi connectivity index (χ0n) is 14.5. The van der Waals surface area contributed by atoms with Crippen LogP contribution in [0, 0.1) is 5.82 Å². The van der Waals surface area contributed by atoms with Crippen molar-refractivity contribution in [1.82, 2.24) is 24.5 Å². The molecule has 7 heteroatoms. The first-order chi connectivity index (χ1) is 12.8. The molecule has 26 heavy (non-hydrogen) atoms. The van der Waals surface area contributed by atoms with Crippen LogP contribution in [-0.2, 0) is 17.8 Å². The summed E-state index contributed by atoms with van der Waals surface area (Å²) in [5.74, 6) is -0.227. The Hall–Kier alpha value is -2.51. The quantitative estimate of drug-likeness (QED) is 0.706. The number of benzene rings is 1. The van der Waals surface area contributed by atoms with Gasteiger partial charge < -0.3 is 4.74 Å². The van der Waals surface area contributed by atoms with Crippen LogP contribution >= 0.6 is 0 Å². The number of nitrogens with zero attached hydrogens (tertiary/aromatic N) is 5. The van der Waals surface area contributed by atoms with Gasteiger partial charge >= 0.3 is 0 Å². The standard InChI is InChI=1S/C19H22FN5O/c20-17-4-5-19(25-10-2-7-22-25)16(12-17)13-23-8-3-11-26-18(14-23)15-24-9-1-6-21-24/h1-2,4-7,9-10,12,18H,3,8,11,13-15H2/t18-/m1/s1. The van der Waals surface area contributed by atoms with Gasteiger partial charge in [-0.05, 0) is 42.3 Å². The van der Waals surface area contributed by atoms with E-state index in [2.05, 4.69) is 15.1 Å². The van der Waals surface area contributed by atoms with Crippen molar-refractivity contribution in [2.45, 2.75) is 25.6 Å². The number of aromatic nitrogens is 4. The SMILES string of the molecule is Fc1ccc(-n2cccn2)c(CN2CCCO[C@@H](Cn3cccn3)C2)c1. The number of halogens is 1. The molecular weight excluding hydrogens is 333 g/mol. The molecule has 1 atom stereocenters. The summed E-state index contributed by atoms with van der Waals surface area (Å²) >= 11 is 0. The van der Waals surface area contributed by atoms with Crippen LogP contribution in [0.2, 0.25) is 0 Å². The summed E-state index contributed by atoms with van der Waals surface area (Å²) in [6, 6.07) is 8.65. The van der Waals surface area contributed by atoms with E-state index in [4.69, 9.17) is 4.74 Å². The van der Waals surface area contributed by atoms with E-state index in [-0.39, 0.29) is 11.9 Å². The van der Waals surface area contributed by atoms with Crippen molar-refractivity contribution in [2.24, 2.45) is 0 Å². The predicted molar refractivity (Wildman–Crippen MR) is 95.4 cm³/mol. The normalized spacial score (nSPS) is 18.7. The zero-order valence-corrected chi connectivity index (χ0v) is 14.5. The number of rotatable bonds is 5. The molecule has 0 radical (unpaired) electrons. The third-order valence-corrected chi connectivity index (χ3v) is 4.57. The molecule has 0 bridgehead atoms. The summed E-state index contributed by atoms with van der Waals surface area (Å²) in [5.41, 5.74) is 1.83. The second-order valence-electron chi connectivity index (χ2n) is 6.53. The maximum absolute atomic E-state index is 13.9. The molecule has 1 fully saturated rings. The summed E-state index contributed by atoms with van der Waals surface area (Å²) in [4.78, 5) is 2.32. The minimum atomic E-state index is -0.227. The predicted octanol–water partition coefficient (Wildman–Crippen LogP) is 2.50. The lowest BCUT2D eigenvalue weighted by Gasteiger charge is -2.24. The molecule has 0 aliphatic carbocycles. The van der Waals surface area contributed by atoms with Crippen LogP contribution in [0.1, 0.15) is 12.0 Å². The lowest BCUT2D eigenvalue weighted by molar-refractivity contribution is 0.0391. The Bertz CT molecular complexity index is 819. The fourth-order valence-electron chi connectivity index (χ4n) is 3.40. The summed E-state index contributed by atoms with van der Waals surface area (Å²) in [6.07, 6.45) is 8.36. The molecule has 0 spiro atoms.